The molecule has 0 atom stereocenters. The first kappa shape index (κ1) is 26.8. The number of ether oxygens (including phenoxy) is 1. The molecule has 4 amide bonds. The molecular weight excluding hydrogens is 442 g/mol. The van der Waals surface area contributed by atoms with Crippen LogP contribution in [0, 0.1) is 0 Å². The van der Waals surface area contributed by atoms with Gasteiger partial charge in [0, 0.05) is 38.8 Å². The van der Waals surface area contributed by atoms with Gasteiger partial charge < -0.3 is 20.2 Å². The summed E-state index contributed by atoms with van der Waals surface area (Å²) >= 11 is 0. The lowest BCUT2D eigenvalue weighted by Crippen LogP contribution is -2.31. The number of imide groups is 1. The summed E-state index contributed by atoms with van der Waals surface area (Å²) in [7, 11) is 0. The van der Waals surface area contributed by atoms with Crippen LogP contribution in [0.1, 0.15) is 69.8 Å². The summed E-state index contributed by atoms with van der Waals surface area (Å²) < 4.78 is 5.13. The van der Waals surface area contributed by atoms with Crippen molar-refractivity contribution in [2.24, 2.45) is 0 Å². The molecule has 0 unspecified atom stereocenters. The second kappa shape index (κ2) is 15.4. The molecule has 0 saturated carbocycles. The van der Waals surface area contributed by atoms with E-state index in [2.05, 4.69) is 10.6 Å². The molecule has 1 aromatic carbocycles. The van der Waals surface area contributed by atoms with Crippen LogP contribution in [0.3, 0.4) is 0 Å². The highest BCUT2D eigenvalue weighted by atomic mass is 16.7. The molecule has 1 aliphatic rings. The Labute approximate surface area is 199 Å². The summed E-state index contributed by atoms with van der Waals surface area (Å²) in [6.07, 6.45) is 4.51. The second-order valence-corrected chi connectivity index (χ2v) is 8.00. The van der Waals surface area contributed by atoms with Crippen molar-refractivity contribution in [1.29, 1.82) is 0 Å². The number of amides is 4. The Morgan fingerprint density at radius 3 is 2.09 bits per heavy atom. The van der Waals surface area contributed by atoms with Crippen LogP contribution >= 0.6 is 0 Å². The number of benzene rings is 1. The lowest BCUT2D eigenvalue weighted by atomic mass is 10.1. The molecule has 0 radical (unpaired) electrons. The number of hydrogen-bond acceptors (Lipinski definition) is 7. The van der Waals surface area contributed by atoms with Crippen molar-refractivity contribution in [3.63, 3.8) is 0 Å². The summed E-state index contributed by atoms with van der Waals surface area (Å²) in [5.41, 5.74) is 0.930. The number of rotatable bonds is 15. The highest BCUT2D eigenvalue weighted by Crippen LogP contribution is 2.13. The van der Waals surface area contributed by atoms with Gasteiger partial charge in [-0.05, 0) is 31.2 Å². The molecule has 0 aliphatic carbocycles. The molecule has 1 saturated heterocycles. The number of hydroxylamine groups is 2. The molecule has 0 spiro atoms. The minimum Gasteiger partial charge on any atom is -0.445 e. The van der Waals surface area contributed by atoms with Gasteiger partial charge in [0.15, 0.2) is 0 Å². The fourth-order valence-electron chi connectivity index (χ4n) is 3.24. The molecule has 1 fully saturated rings. The molecule has 1 aromatic rings. The molecule has 0 aromatic heterocycles. The topological polar surface area (TPSA) is 131 Å². The zero-order valence-corrected chi connectivity index (χ0v) is 19.4. The van der Waals surface area contributed by atoms with Gasteiger partial charge in [0.25, 0.3) is 11.8 Å². The first-order valence-corrected chi connectivity index (χ1v) is 11.7. The van der Waals surface area contributed by atoms with Crippen molar-refractivity contribution < 1.29 is 33.5 Å². The predicted octanol–water partition coefficient (Wildman–Crippen LogP) is 2.76. The van der Waals surface area contributed by atoms with E-state index in [-0.39, 0.29) is 31.8 Å². The van der Waals surface area contributed by atoms with Crippen molar-refractivity contribution in [2.45, 2.75) is 70.8 Å². The number of nitrogens with zero attached hydrogens (tertiary/aromatic N) is 1. The van der Waals surface area contributed by atoms with Gasteiger partial charge in [-0.1, -0.05) is 43.2 Å². The molecule has 34 heavy (non-hydrogen) atoms. The van der Waals surface area contributed by atoms with Crippen LogP contribution in [-0.2, 0) is 35.4 Å². The summed E-state index contributed by atoms with van der Waals surface area (Å²) in [6, 6.07) is 9.45. The van der Waals surface area contributed by atoms with Crippen LogP contribution in [0.4, 0.5) is 4.79 Å². The van der Waals surface area contributed by atoms with E-state index in [4.69, 9.17) is 9.57 Å². The van der Waals surface area contributed by atoms with Crippen LogP contribution in [0.15, 0.2) is 30.3 Å². The van der Waals surface area contributed by atoms with E-state index in [1.807, 2.05) is 30.3 Å². The molecule has 0 bridgehead atoms. The monoisotopic (exact) mass is 475 g/mol. The van der Waals surface area contributed by atoms with Crippen molar-refractivity contribution in [2.75, 3.05) is 13.1 Å². The minimum atomic E-state index is -0.605. The van der Waals surface area contributed by atoms with E-state index in [9.17, 15) is 24.0 Å². The van der Waals surface area contributed by atoms with Crippen molar-refractivity contribution in [1.82, 2.24) is 15.7 Å². The highest BCUT2D eigenvalue weighted by Gasteiger charge is 2.32. The third kappa shape index (κ3) is 10.9. The average molecular weight is 476 g/mol. The summed E-state index contributed by atoms with van der Waals surface area (Å²) in [6.45, 7) is 1.25. The second-order valence-electron chi connectivity index (χ2n) is 8.00. The standard InChI is InChI=1S/C24H33N3O7/c28-20(12-6-2-9-17-26-24(32)33-18-19-10-4-1-5-11-19)25-16-8-3-7-13-23(31)34-27-21(29)14-15-22(27)30/h1,4-5,10-11H,2-3,6-9,12-18H2,(H,25,28)(H,26,32). The van der Waals surface area contributed by atoms with Gasteiger partial charge in [-0.2, -0.15) is 0 Å². The Morgan fingerprint density at radius 2 is 1.41 bits per heavy atom. The summed E-state index contributed by atoms with van der Waals surface area (Å²) in [5, 5.41) is 6.09. The molecule has 10 heteroatoms. The van der Waals surface area contributed by atoms with Gasteiger partial charge >= 0.3 is 12.1 Å². The fraction of sp³-hybridized carbons (Fsp3) is 0.542. The predicted molar refractivity (Wildman–Crippen MR) is 122 cm³/mol. The maximum atomic E-state index is 11.9. The Kier molecular flexibility index (Phi) is 12.2. The van der Waals surface area contributed by atoms with Gasteiger partial charge in [-0.25, -0.2) is 9.59 Å². The Balaban J connectivity index is 1.37. The van der Waals surface area contributed by atoms with Gasteiger partial charge in [-0.3, -0.25) is 14.4 Å². The van der Waals surface area contributed by atoms with E-state index < -0.39 is 23.9 Å². The van der Waals surface area contributed by atoms with E-state index in [0.717, 1.165) is 31.2 Å². The maximum Gasteiger partial charge on any atom is 0.407 e. The first-order chi connectivity index (χ1) is 16.5. The SMILES string of the molecule is O=C(CCCCCNC(=O)OCc1ccccc1)NCCCCCC(=O)ON1C(=O)CCC1=O. The molecule has 2 N–H and O–H groups in total. The zero-order chi connectivity index (χ0) is 24.6. The van der Waals surface area contributed by atoms with Crippen molar-refractivity contribution >= 4 is 29.8 Å². The first-order valence-electron chi connectivity index (χ1n) is 11.7. The molecule has 2 rings (SSSR count). The largest absolute Gasteiger partial charge is 0.445 e. The van der Waals surface area contributed by atoms with Gasteiger partial charge in [0.1, 0.15) is 6.61 Å². The van der Waals surface area contributed by atoms with Crippen LogP contribution in [0.25, 0.3) is 0 Å². The number of carbonyl (C=O) groups is 5. The molecular formula is C24H33N3O7. The highest BCUT2D eigenvalue weighted by molar-refractivity contribution is 6.01. The van der Waals surface area contributed by atoms with E-state index in [1.165, 1.54) is 0 Å². The van der Waals surface area contributed by atoms with Crippen molar-refractivity contribution in [3.05, 3.63) is 35.9 Å². The normalized spacial score (nSPS) is 13.0. The molecule has 186 valence electrons. The Morgan fingerprint density at radius 1 is 0.794 bits per heavy atom. The number of alkyl carbamates (subject to hydrolysis) is 1. The number of carbonyl (C=O) groups excluding carboxylic acids is 5. The Bertz CT molecular complexity index is 813. The summed E-state index contributed by atoms with van der Waals surface area (Å²) in [4.78, 5) is 62.7. The van der Waals surface area contributed by atoms with Crippen LogP contribution < -0.4 is 10.6 Å². The third-order valence-corrected chi connectivity index (χ3v) is 5.14. The number of nitrogens with one attached hydrogen (secondary N) is 2. The van der Waals surface area contributed by atoms with Crippen LogP contribution in [0.5, 0.6) is 0 Å². The molecule has 10 nitrogen and oxygen atoms in total. The van der Waals surface area contributed by atoms with Gasteiger partial charge in [0.2, 0.25) is 5.91 Å². The Hall–Kier alpha value is -3.43. The number of hydrogen-bond donors (Lipinski definition) is 2. The smallest absolute Gasteiger partial charge is 0.407 e. The third-order valence-electron chi connectivity index (χ3n) is 5.14. The fourth-order valence-corrected chi connectivity index (χ4v) is 3.24. The minimum absolute atomic E-state index is 0.0271. The molecule has 1 heterocycles. The maximum absolute atomic E-state index is 11.9. The van der Waals surface area contributed by atoms with E-state index in [0.29, 0.717) is 37.4 Å². The molecule has 1 aliphatic heterocycles. The van der Waals surface area contributed by atoms with Crippen LogP contribution in [-0.4, -0.2) is 47.9 Å². The quantitative estimate of drug-likeness (QED) is 0.294. The van der Waals surface area contributed by atoms with E-state index >= 15 is 0 Å². The average Bonchev–Trinajstić information content (AvgIpc) is 3.14. The lowest BCUT2D eigenvalue weighted by molar-refractivity contribution is -0.197. The van der Waals surface area contributed by atoms with E-state index in [1.54, 1.807) is 0 Å². The van der Waals surface area contributed by atoms with Gasteiger partial charge in [0.05, 0.1) is 0 Å². The lowest BCUT2D eigenvalue weighted by Gasteiger charge is -2.12. The zero-order valence-electron chi connectivity index (χ0n) is 19.4. The van der Waals surface area contributed by atoms with Gasteiger partial charge in [-0.15, -0.1) is 5.06 Å². The van der Waals surface area contributed by atoms with Crippen molar-refractivity contribution in [3.8, 4) is 0 Å². The summed E-state index contributed by atoms with van der Waals surface area (Å²) in [5.74, 6) is -1.61. The number of unbranched alkanes of at least 4 members (excludes halogenated alkanes) is 4. The van der Waals surface area contributed by atoms with Crippen LogP contribution in [0.2, 0.25) is 0 Å².